The van der Waals surface area contributed by atoms with Gasteiger partial charge in [0.25, 0.3) is 5.91 Å². The third kappa shape index (κ3) is 3.74. The van der Waals surface area contributed by atoms with Gasteiger partial charge >= 0.3 is 0 Å². The Morgan fingerprint density at radius 3 is 2.59 bits per heavy atom. The van der Waals surface area contributed by atoms with Crippen LogP contribution in [0.1, 0.15) is 49.9 Å². The van der Waals surface area contributed by atoms with Gasteiger partial charge in [-0.2, -0.15) is 0 Å². The minimum atomic E-state index is -0.336. The summed E-state index contributed by atoms with van der Waals surface area (Å²) in [6.07, 6.45) is 1.58. The highest BCUT2D eigenvalue weighted by molar-refractivity contribution is 6.16. The first-order valence-corrected chi connectivity index (χ1v) is 10.1. The number of benzene rings is 2. The molecule has 4 rings (SSSR count). The fourth-order valence-electron chi connectivity index (χ4n) is 4.20. The van der Waals surface area contributed by atoms with Gasteiger partial charge in [-0.3, -0.25) is 9.79 Å². The van der Waals surface area contributed by atoms with E-state index < -0.39 is 0 Å². The molecule has 2 heterocycles. The lowest BCUT2D eigenvalue weighted by atomic mass is 9.81. The van der Waals surface area contributed by atoms with E-state index in [1.807, 2.05) is 24.3 Å². The number of fused-ring (bicyclic) bond motifs is 3. The van der Waals surface area contributed by atoms with Gasteiger partial charge in [-0.25, -0.2) is 0 Å². The summed E-state index contributed by atoms with van der Waals surface area (Å²) < 4.78 is 12.2. The number of hydrogen-bond donors (Lipinski definition) is 1. The van der Waals surface area contributed by atoms with Gasteiger partial charge in [0, 0.05) is 30.2 Å². The molecule has 0 bridgehead atoms. The number of carbonyl (C=O) groups excluding carboxylic acids is 1. The van der Waals surface area contributed by atoms with Crippen molar-refractivity contribution in [3.63, 3.8) is 0 Å². The van der Waals surface area contributed by atoms with E-state index in [-0.39, 0.29) is 23.7 Å². The average Bonchev–Trinajstić information content (AvgIpc) is 3.00. The number of rotatable bonds is 4. The molecule has 0 atom stereocenters. The van der Waals surface area contributed by atoms with Crippen molar-refractivity contribution in [2.75, 3.05) is 13.7 Å². The van der Waals surface area contributed by atoms with Gasteiger partial charge < -0.3 is 14.8 Å². The van der Waals surface area contributed by atoms with E-state index in [4.69, 9.17) is 14.5 Å². The number of hydrogen-bond acceptors (Lipinski definition) is 4. The van der Waals surface area contributed by atoms with Crippen molar-refractivity contribution in [1.82, 2.24) is 5.32 Å². The number of likely N-dealkylation sites (N-methyl/N-ethyl adjacent to an activating group) is 1. The van der Waals surface area contributed by atoms with Crippen LogP contribution in [0.3, 0.4) is 0 Å². The van der Waals surface area contributed by atoms with Crippen LogP contribution in [0.2, 0.25) is 0 Å². The summed E-state index contributed by atoms with van der Waals surface area (Å²) in [6.45, 7) is 8.42. The maximum absolute atomic E-state index is 11.7. The minimum absolute atomic E-state index is 0.0332. The van der Waals surface area contributed by atoms with Crippen LogP contribution in [0.15, 0.2) is 41.4 Å². The lowest BCUT2D eigenvalue weighted by Gasteiger charge is -2.31. The summed E-state index contributed by atoms with van der Waals surface area (Å²) >= 11 is 0. The summed E-state index contributed by atoms with van der Waals surface area (Å²) in [4.78, 5) is 16.9. The molecule has 2 aromatic rings. The van der Waals surface area contributed by atoms with E-state index in [2.05, 4.69) is 45.1 Å². The van der Waals surface area contributed by atoms with E-state index in [0.717, 1.165) is 41.0 Å². The quantitative estimate of drug-likeness (QED) is 0.863. The Morgan fingerprint density at radius 1 is 1.17 bits per heavy atom. The molecular weight excluding hydrogens is 364 g/mol. The molecule has 2 aliphatic rings. The monoisotopic (exact) mass is 392 g/mol. The van der Waals surface area contributed by atoms with Crippen molar-refractivity contribution in [3.8, 4) is 11.5 Å². The van der Waals surface area contributed by atoms with Crippen LogP contribution in [0.25, 0.3) is 0 Å². The van der Waals surface area contributed by atoms with E-state index in [1.165, 1.54) is 5.56 Å². The fourth-order valence-corrected chi connectivity index (χ4v) is 4.20. The SMILES string of the molecule is CNC(=O)COc1cc2c(c3c1OC(C)(C)C3)C(c1ccccc1)=NC(C)(C)C2. The smallest absolute Gasteiger partial charge is 0.257 e. The highest BCUT2D eigenvalue weighted by Crippen LogP contribution is 2.47. The van der Waals surface area contributed by atoms with Crippen molar-refractivity contribution in [2.24, 2.45) is 4.99 Å². The number of amides is 1. The highest BCUT2D eigenvalue weighted by Gasteiger charge is 2.39. The van der Waals surface area contributed by atoms with Crippen LogP contribution in [0, 0.1) is 0 Å². The molecule has 0 aromatic heterocycles. The van der Waals surface area contributed by atoms with Crippen LogP contribution < -0.4 is 14.8 Å². The summed E-state index contributed by atoms with van der Waals surface area (Å²) in [5.74, 6) is 1.21. The standard InChI is InChI=1S/C24H28N2O3/c1-23(2)12-16-11-18(28-14-19(27)25-5)22-17(13-24(3,4)29-22)20(16)21(26-23)15-9-7-6-8-10-15/h6-11H,12-14H2,1-5H3,(H,25,27). The van der Waals surface area contributed by atoms with Gasteiger partial charge in [0.05, 0.1) is 11.3 Å². The summed E-state index contributed by atoms with van der Waals surface area (Å²) in [6, 6.07) is 12.4. The number of nitrogens with one attached hydrogen (secondary N) is 1. The van der Waals surface area contributed by atoms with E-state index >= 15 is 0 Å². The first-order valence-electron chi connectivity index (χ1n) is 10.1. The van der Waals surface area contributed by atoms with Gasteiger partial charge in [0.2, 0.25) is 0 Å². The van der Waals surface area contributed by atoms with Gasteiger partial charge in [-0.05, 0) is 45.7 Å². The van der Waals surface area contributed by atoms with Crippen molar-refractivity contribution in [3.05, 3.63) is 58.7 Å². The normalized spacial score (nSPS) is 18.2. The van der Waals surface area contributed by atoms with E-state index in [1.54, 1.807) is 7.05 Å². The Hall–Kier alpha value is -2.82. The molecule has 0 aliphatic carbocycles. The largest absolute Gasteiger partial charge is 0.483 e. The van der Waals surface area contributed by atoms with Crippen molar-refractivity contribution < 1.29 is 14.3 Å². The zero-order chi connectivity index (χ0) is 20.8. The average molecular weight is 392 g/mol. The first kappa shape index (κ1) is 19.5. The first-order chi connectivity index (χ1) is 13.7. The number of nitrogens with zero attached hydrogens (tertiary/aromatic N) is 1. The van der Waals surface area contributed by atoms with Gasteiger partial charge in [0.1, 0.15) is 5.60 Å². The van der Waals surface area contributed by atoms with Crippen molar-refractivity contribution in [2.45, 2.75) is 51.7 Å². The molecule has 2 aromatic carbocycles. The molecule has 0 saturated carbocycles. The summed E-state index contributed by atoms with van der Waals surface area (Å²) in [5, 5.41) is 2.60. The molecule has 5 heteroatoms. The second-order valence-electron chi connectivity index (χ2n) is 9.03. The zero-order valence-corrected chi connectivity index (χ0v) is 17.8. The molecule has 0 radical (unpaired) electrons. The topological polar surface area (TPSA) is 59.9 Å². The second-order valence-corrected chi connectivity index (χ2v) is 9.03. The minimum Gasteiger partial charge on any atom is -0.483 e. The maximum Gasteiger partial charge on any atom is 0.257 e. The molecule has 1 N–H and O–H groups in total. The van der Waals surface area contributed by atoms with E-state index in [9.17, 15) is 4.79 Å². The van der Waals surface area contributed by atoms with Gasteiger partial charge in [0.15, 0.2) is 18.1 Å². The molecule has 152 valence electrons. The predicted octanol–water partition coefficient (Wildman–Crippen LogP) is 3.70. The highest BCUT2D eigenvalue weighted by atomic mass is 16.5. The third-order valence-corrected chi connectivity index (χ3v) is 5.37. The van der Waals surface area contributed by atoms with E-state index in [0.29, 0.717) is 5.75 Å². The lowest BCUT2D eigenvalue weighted by molar-refractivity contribution is -0.122. The third-order valence-electron chi connectivity index (χ3n) is 5.37. The number of aliphatic imine (C=N–C) groups is 1. The van der Waals surface area contributed by atoms with Crippen LogP contribution in [0.4, 0.5) is 0 Å². The Bertz CT molecular complexity index is 991. The molecular formula is C24H28N2O3. The Labute approximate surface area is 172 Å². The molecule has 0 saturated heterocycles. The Balaban J connectivity index is 1.89. The van der Waals surface area contributed by atoms with Crippen LogP contribution in [0.5, 0.6) is 11.5 Å². The number of ether oxygens (including phenoxy) is 2. The zero-order valence-electron chi connectivity index (χ0n) is 17.8. The molecule has 0 spiro atoms. The van der Waals surface area contributed by atoms with Crippen LogP contribution >= 0.6 is 0 Å². The van der Waals surface area contributed by atoms with Crippen LogP contribution in [-0.4, -0.2) is 36.4 Å². The molecule has 2 aliphatic heterocycles. The molecule has 29 heavy (non-hydrogen) atoms. The van der Waals surface area contributed by atoms with Gasteiger partial charge in [-0.1, -0.05) is 30.3 Å². The number of carbonyl (C=O) groups is 1. The summed E-state index contributed by atoms with van der Waals surface area (Å²) in [5.41, 5.74) is 5.02. The van der Waals surface area contributed by atoms with Crippen molar-refractivity contribution >= 4 is 11.6 Å². The Morgan fingerprint density at radius 2 is 1.90 bits per heavy atom. The molecule has 0 unspecified atom stereocenters. The van der Waals surface area contributed by atoms with Crippen molar-refractivity contribution in [1.29, 1.82) is 0 Å². The summed E-state index contributed by atoms with van der Waals surface area (Å²) in [7, 11) is 1.60. The molecule has 0 fully saturated rings. The predicted molar refractivity (Wildman–Crippen MR) is 114 cm³/mol. The lowest BCUT2D eigenvalue weighted by Crippen LogP contribution is -2.30. The molecule has 5 nitrogen and oxygen atoms in total. The van der Waals surface area contributed by atoms with Crippen LogP contribution in [-0.2, 0) is 17.6 Å². The Kier molecular flexibility index (Phi) is 4.64. The van der Waals surface area contributed by atoms with Gasteiger partial charge in [-0.15, -0.1) is 0 Å². The molecule has 1 amide bonds. The maximum atomic E-state index is 11.7. The second kappa shape index (κ2) is 6.90. The fraction of sp³-hybridized carbons (Fsp3) is 0.417.